The van der Waals surface area contributed by atoms with Crippen LogP contribution in [0.3, 0.4) is 0 Å². The van der Waals surface area contributed by atoms with Gasteiger partial charge in [-0.1, -0.05) is 19.8 Å². The van der Waals surface area contributed by atoms with Crippen LogP contribution >= 0.6 is 0 Å². The van der Waals surface area contributed by atoms with Gasteiger partial charge < -0.3 is 14.9 Å². The lowest BCUT2D eigenvalue weighted by molar-refractivity contribution is 0.397. The standard InChI is InChI=1S/C16H24N2O2/c1-3-4-12(9-10-17)5-8-16-18-14-7-6-13(19-2)11-15(14)20-16/h6-7,11-12H,3-5,8-10,17H2,1-2H3. The Morgan fingerprint density at radius 3 is 2.85 bits per heavy atom. The Labute approximate surface area is 120 Å². The van der Waals surface area contributed by atoms with E-state index in [0.29, 0.717) is 5.92 Å². The van der Waals surface area contributed by atoms with Crippen molar-refractivity contribution in [1.82, 2.24) is 4.98 Å². The lowest BCUT2D eigenvalue weighted by Crippen LogP contribution is -2.09. The van der Waals surface area contributed by atoms with Crippen molar-refractivity contribution in [2.75, 3.05) is 13.7 Å². The molecule has 0 saturated carbocycles. The third-order valence-electron chi connectivity index (χ3n) is 3.68. The van der Waals surface area contributed by atoms with Gasteiger partial charge in [-0.25, -0.2) is 4.98 Å². The molecule has 20 heavy (non-hydrogen) atoms. The highest BCUT2D eigenvalue weighted by molar-refractivity contribution is 5.74. The predicted molar refractivity (Wildman–Crippen MR) is 81.0 cm³/mol. The van der Waals surface area contributed by atoms with Gasteiger partial charge in [-0.05, 0) is 37.4 Å². The summed E-state index contributed by atoms with van der Waals surface area (Å²) in [6.07, 6.45) is 5.49. The Morgan fingerprint density at radius 2 is 2.15 bits per heavy atom. The van der Waals surface area contributed by atoms with Gasteiger partial charge >= 0.3 is 0 Å². The highest BCUT2D eigenvalue weighted by atomic mass is 16.5. The maximum atomic E-state index is 5.79. The van der Waals surface area contributed by atoms with Crippen molar-refractivity contribution in [2.45, 2.75) is 39.0 Å². The summed E-state index contributed by atoms with van der Waals surface area (Å²) in [6.45, 7) is 2.98. The first-order valence-electron chi connectivity index (χ1n) is 7.40. The number of methoxy groups -OCH3 is 1. The fraction of sp³-hybridized carbons (Fsp3) is 0.562. The van der Waals surface area contributed by atoms with Gasteiger partial charge in [-0.15, -0.1) is 0 Å². The van der Waals surface area contributed by atoms with E-state index in [2.05, 4.69) is 11.9 Å². The monoisotopic (exact) mass is 276 g/mol. The molecule has 4 nitrogen and oxygen atoms in total. The van der Waals surface area contributed by atoms with Crippen LogP contribution in [0.25, 0.3) is 11.1 Å². The summed E-state index contributed by atoms with van der Waals surface area (Å²) in [6, 6.07) is 5.72. The molecule has 2 rings (SSSR count). The van der Waals surface area contributed by atoms with E-state index in [9.17, 15) is 0 Å². The average Bonchev–Trinajstić information content (AvgIpc) is 2.87. The maximum absolute atomic E-state index is 5.79. The molecule has 0 radical (unpaired) electrons. The molecule has 0 saturated heterocycles. The first-order valence-corrected chi connectivity index (χ1v) is 7.40. The van der Waals surface area contributed by atoms with Crippen molar-refractivity contribution in [3.63, 3.8) is 0 Å². The molecular formula is C16H24N2O2. The zero-order valence-electron chi connectivity index (χ0n) is 12.4. The third-order valence-corrected chi connectivity index (χ3v) is 3.68. The third kappa shape index (κ3) is 3.73. The van der Waals surface area contributed by atoms with Crippen molar-refractivity contribution in [3.05, 3.63) is 24.1 Å². The van der Waals surface area contributed by atoms with E-state index < -0.39 is 0 Å². The van der Waals surface area contributed by atoms with Crippen LogP contribution in [0, 0.1) is 5.92 Å². The minimum Gasteiger partial charge on any atom is -0.497 e. The molecule has 2 aromatic rings. The molecule has 0 fully saturated rings. The van der Waals surface area contributed by atoms with Crippen LogP contribution in [-0.2, 0) is 6.42 Å². The Bertz CT molecular complexity index is 530. The molecule has 110 valence electrons. The number of nitrogens with zero attached hydrogens (tertiary/aromatic N) is 1. The lowest BCUT2D eigenvalue weighted by Gasteiger charge is -2.13. The molecule has 1 unspecified atom stereocenters. The minimum absolute atomic E-state index is 0.676. The van der Waals surface area contributed by atoms with Gasteiger partial charge in [0.1, 0.15) is 11.3 Å². The van der Waals surface area contributed by atoms with Crippen molar-refractivity contribution >= 4 is 11.1 Å². The van der Waals surface area contributed by atoms with Crippen molar-refractivity contribution < 1.29 is 9.15 Å². The summed E-state index contributed by atoms with van der Waals surface area (Å²) in [5, 5.41) is 0. The number of ether oxygens (including phenoxy) is 1. The fourth-order valence-corrected chi connectivity index (χ4v) is 2.59. The topological polar surface area (TPSA) is 61.3 Å². The quantitative estimate of drug-likeness (QED) is 0.801. The molecule has 0 aliphatic heterocycles. The largest absolute Gasteiger partial charge is 0.497 e. The second-order valence-electron chi connectivity index (χ2n) is 5.21. The normalized spacial score (nSPS) is 12.8. The Morgan fingerprint density at radius 1 is 1.30 bits per heavy atom. The molecule has 0 spiro atoms. The van der Waals surface area contributed by atoms with Crippen LogP contribution in [0.1, 0.15) is 38.5 Å². The van der Waals surface area contributed by atoms with Crippen LogP contribution < -0.4 is 10.5 Å². The summed E-state index contributed by atoms with van der Waals surface area (Å²) in [5.74, 6) is 2.29. The van der Waals surface area contributed by atoms with Crippen molar-refractivity contribution in [2.24, 2.45) is 11.7 Å². The van der Waals surface area contributed by atoms with E-state index in [1.54, 1.807) is 7.11 Å². The summed E-state index contributed by atoms with van der Waals surface area (Å²) < 4.78 is 11.0. The molecule has 1 aromatic heterocycles. The minimum atomic E-state index is 0.676. The molecule has 1 heterocycles. The summed E-state index contributed by atoms with van der Waals surface area (Å²) >= 11 is 0. The molecule has 4 heteroatoms. The van der Waals surface area contributed by atoms with Gasteiger partial charge in [0.15, 0.2) is 11.5 Å². The van der Waals surface area contributed by atoms with E-state index in [0.717, 1.165) is 48.5 Å². The Kier molecular flexibility index (Phi) is 5.41. The maximum Gasteiger partial charge on any atom is 0.195 e. The van der Waals surface area contributed by atoms with Gasteiger partial charge in [0.25, 0.3) is 0 Å². The second-order valence-corrected chi connectivity index (χ2v) is 5.21. The second kappa shape index (κ2) is 7.29. The van der Waals surface area contributed by atoms with Crippen LogP contribution in [-0.4, -0.2) is 18.6 Å². The summed E-state index contributed by atoms with van der Waals surface area (Å²) in [4.78, 5) is 4.53. The molecule has 2 N–H and O–H groups in total. The van der Waals surface area contributed by atoms with Gasteiger partial charge in [0.2, 0.25) is 0 Å². The van der Waals surface area contributed by atoms with Crippen LogP contribution in [0.15, 0.2) is 22.6 Å². The number of aryl methyl sites for hydroxylation is 1. The lowest BCUT2D eigenvalue weighted by atomic mass is 9.94. The van der Waals surface area contributed by atoms with Gasteiger partial charge in [-0.3, -0.25) is 0 Å². The van der Waals surface area contributed by atoms with Gasteiger partial charge in [0.05, 0.1) is 7.11 Å². The van der Waals surface area contributed by atoms with E-state index >= 15 is 0 Å². The molecule has 0 aliphatic rings. The smallest absolute Gasteiger partial charge is 0.195 e. The van der Waals surface area contributed by atoms with Crippen molar-refractivity contribution in [1.29, 1.82) is 0 Å². The van der Waals surface area contributed by atoms with Gasteiger partial charge in [-0.2, -0.15) is 0 Å². The highest BCUT2D eigenvalue weighted by Crippen LogP contribution is 2.23. The average molecular weight is 276 g/mol. The number of hydrogen-bond acceptors (Lipinski definition) is 4. The summed E-state index contributed by atoms with van der Waals surface area (Å²) in [7, 11) is 1.65. The first kappa shape index (κ1) is 14.9. The number of fused-ring (bicyclic) bond motifs is 1. The van der Waals surface area contributed by atoms with E-state index in [-0.39, 0.29) is 0 Å². The van der Waals surface area contributed by atoms with Gasteiger partial charge in [0, 0.05) is 12.5 Å². The number of hydrogen-bond donors (Lipinski definition) is 1. The number of nitrogens with two attached hydrogens (primary N) is 1. The zero-order chi connectivity index (χ0) is 14.4. The van der Waals surface area contributed by atoms with Crippen molar-refractivity contribution in [3.8, 4) is 5.75 Å². The number of oxazole rings is 1. The van der Waals surface area contributed by atoms with E-state index in [1.165, 1.54) is 12.8 Å². The van der Waals surface area contributed by atoms with Crippen LogP contribution in [0.2, 0.25) is 0 Å². The first-order chi connectivity index (χ1) is 9.76. The molecule has 0 bridgehead atoms. The predicted octanol–water partition coefficient (Wildman–Crippen LogP) is 3.53. The number of benzene rings is 1. The van der Waals surface area contributed by atoms with E-state index in [1.807, 2.05) is 18.2 Å². The Balaban J connectivity index is 2.02. The fourth-order valence-electron chi connectivity index (χ4n) is 2.59. The number of aromatic nitrogens is 1. The molecule has 1 aromatic carbocycles. The summed E-state index contributed by atoms with van der Waals surface area (Å²) in [5.41, 5.74) is 7.36. The Hall–Kier alpha value is -1.55. The zero-order valence-corrected chi connectivity index (χ0v) is 12.4. The highest BCUT2D eigenvalue weighted by Gasteiger charge is 2.11. The number of rotatable bonds is 8. The van der Waals surface area contributed by atoms with Crippen LogP contribution in [0.5, 0.6) is 5.75 Å². The SMILES string of the molecule is CCCC(CCN)CCc1nc2ccc(OC)cc2o1. The molecule has 1 atom stereocenters. The molecule has 0 aliphatic carbocycles. The van der Waals surface area contributed by atoms with Crippen LogP contribution in [0.4, 0.5) is 0 Å². The molecular weight excluding hydrogens is 252 g/mol. The molecule has 0 amide bonds. The van der Waals surface area contributed by atoms with E-state index in [4.69, 9.17) is 14.9 Å².